The van der Waals surface area contributed by atoms with Crippen molar-refractivity contribution >= 4 is 30.1 Å². The van der Waals surface area contributed by atoms with Crippen LogP contribution in [-0.4, -0.2) is 28.3 Å². The van der Waals surface area contributed by atoms with Gasteiger partial charge in [0, 0.05) is 0 Å². The van der Waals surface area contributed by atoms with Crippen LogP contribution >= 0.6 is 0 Å². The van der Waals surface area contributed by atoms with Gasteiger partial charge in [0.15, 0.2) is 0 Å². The van der Waals surface area contributed by atoms with Crippen LogP contribution in [0, 0.1) is 0 Å². The number of rotatable bonds is 3. The molecule has 0 aliphatic heterocycles. The standard InChI is InChI=1S/C6H6O4SSe/c7-11(8,9)10-12-6-4-2-1-3-5-6/h1-5H,(H,7,8,9). The summed E-state index contributed by atoms with van der Waals surface area (Å²) in [5.41, 5.74) is 0. The fourth-order valence-corrected chi connectivity index (χ4v) is 2.32. The maximum atomic E-state index is 10.2. The van der Waals surface area contributed by atoms with Gasteiger partial charge in [-0.3, -0.25) is 0 Å². The molecule has 0 atom stereocenters. The summed E-state index contributed by atoms with van der Waals surface area (Å²) >= 11 is -0.686. The molecule has 0 saturated heterocycles. The van der Waals surface area contributed by atoms with Crippen LogP contribution in [-0.2, 0) is 13.7 Å². The Labute approximate surface area is 77.0 Å². The third-order valence-electron chi connectivity index (χ3n) is 0.959. The minimum absolute atomic E-state index is 0.686. The van der Waals surface area contributed by atoms with E-state index >= 15 is 0 Å². The topological polar surface area (TPSA) is 63.6 Å². The predicted molar refractivity (Wildman–Crippen MR) is 44.5 cm³/mol. The summed E-state index contributed by atoms with van der Waals surface area (Å²) in [6.45, 7) is 0. The van der Waals surface area contributed by atoms with Crippen LogP contribution < -0.4 is 4.46 Å². The second kappa shape index (κ2) is 4.02. The maximum absolute atomic E-state index is 10.2. The van der Waals surface area contributed by atoms with E-state index in [-0.39, 0.29) is 0 Å². The van der Waals surface area contributed by atoms with Crippen molar-refractivity contribution in [1.29, 1.82) is 0 Å². The van der Waals surface area contributed by atoms with Gasteiger partial charge in [0.1, 0.15) is 0 Å². The molecule has 1 aromatic carbocycles. The Bertz CT molecular complexity index is 334. The molecule has 0 fully saturated rings. The molecule has 0 unspecified atom stereocenters. The van der Waals surface area contributed by atoms with Crippen LogP contribution in [0.25, 0.3) is 0 Å². The molecule has 0 bridgehead atoms. The zero-order chi connectivity index (χ0) is 9.03. The van der Waals surface area contributed by atoms with E-state index in [1.54, 1.807) is 24.3 Å². The molecular formula is C6H6O4SSe. The Morgan fingerprint density at radius 3 is 2.33 bits per heavy atom. The van der Waals surface area contributed by atoms with Crippen molar-refractivity contribution in [2.45, 2.75) is 0 Å². The fourth-order valence-electron chi connectivity index (χ4n) is 0.558. The number of benzene rings is 1. The van der Waals surface area contributed by atoms with Crippen molar-refractivity contribution in [3.8, 4) is 0 Å². The van der Waals surface area contributed by atoms with Gasteiger partial charge >= 0.3 is 76.7 Å². The molecule has 6 heteroatoms. The van der Waals surface area contributed by atoms with Crippen LogP contribution in [0.5, 0.6) is 0 Å². The molecule has 0 aromatic heterocycles. The summed E-state index contributed by atoms with van der Waals surface area (Å²) < 4.78 is 33.5. The first kappa shape index (κ1) is 9.70. The van der Waals surface area contributed by atoms with Crippen LogP contribution in [0.15, 0.2) is 30.3 Å². The Hall–Kier alpha value is -0.391. The second-order valence-electron chi connectivity index (χ2n) is 1.89. The average Bonchev–Trinajstić information content (AvgIpc) is 2.02. The molecule has 0 heterocycles. The van der Waals surface area contributed by atoms with Crippen molar-refractivity contribution in [1.82, 2.24) is 0 Å². The zero-order valence-electron chi connectivity index (χ0n) is 5.88. The third kappa shape index (κ3) is 3.85. The van der Waals surface area contributed by atoms with Crippen LogP contribution in [0.3, 0.4) is 0 Å². The van der Waals surface area contributed by atoms with E-state index < -0.39 is 25.7 Å². The SMILES string of the molecule is O=S(=O)(O)O[Se]c1ccccc1. The molecule has 4 nitrogen and oxygen atoms in total. The molecule has 1 aromatic rings. The van der Waals surface area contributed by atoms with Gasteiger partial charge in [-0.1, -0.05) is 0 Å². The second-order valence-corrected chi connectivity index (χ2v) is 5.08. The summed E-state index contributed by atoms with van der Waals surface area (Å²) in [5.74, 6) is 0. The molecule has 66 valence electrons. The molecular weight excluding hydrogens is 247 g/mol. The van der Waals surface area contributed by atoms with Crippen molar-refractivity contribution in [2.75, 3.05) is 0 Å². The van der Waals surface area contributed by atoms with Crippen molar-refractivity contribution < 1.29 is 16.2 Å². The van der Waals surface area contributed by atoms with Crippen molar-refractivity contribution in [2.24, 2.45) is 0 Å². The Morgan fingerprint density at radius 1 is 1.25 bits per heavy atom. The molecule has 0 amide bonds. The van der Waals surface area contributed by atoms with Crippen molar-refractivity contribution in [3.63, 3.8) is 0 Å². The van der Waals surface area contributed by atoms with Gasteiger partial charge in [-0.2, -0.15) is 0 Å². The molecule has 0 aliphatic carbocycles. The Balaban J connectivity index is 2.56. The predicted octanol–water partition coefficient (Wildman–Crippen LogP) is -0.250. The fraction of sp³-hybridized carbons (Fsp3) is 0. The van der Waals surface area contributed by atoms with Gasteiger partial charge < -0.3 is 0 Å². The number of hydrogen-bond donors (Lipinski definition) is 1. The quantitative estimate of drug-likeness (QED) is 0.596. The van der Waals surface area contributed by atoms with E-state index in [1.807, 2.05) is 6.07 Å². The molecule has 0 aliphatic rings. The molecule has 0 saturated carbocycles. The normalized spacial score (nSPS) is 11.4. The summed E-state index contributed by atoms with van der Waals surface area (Å²) in [6.07, 6.45) is 0. The first-order chi connectivity index (χ1) is 5.58. The van der Waals surface area contributed by atoms with Gasteiger partial charge in [0.25, 0.3) is 0 Å². The van der Waals surface area contributed by atoms with Crippen LogP contribution in [0.4, 0.5) is 0 Å². The Morgan fingerprint density at radius 2 is 1.83 bits per heavy atom. The molecule has 1 rings (SSSR count). The van der Waals surface area contributed by atoms with Crippen LogP contribution in [0.1, 0.15) is 0 Å². The van der Waals surface area contributed by atoms with Crippen LogP contribution in [0.2, 0.25) is 0 Å². The van der Waals surface area contributed by atoms with Gasteiger partial charge in [-0.25, -0.2) is 0 Å². The minimum atomic E-state index is -4.29. The summed E-state index contributed by atoms with van der Waals surface area (Å²) in [7, 11) is -4.29. The molecule has 0 radical (unpaired) electrons. The van der Waals surface area contributed by atoms with E-state index in [4.69, 9.17) is 4.55 Å². The summed E-state index contributed by atoms with van der Waals surface area (Å²) in [6, 6.07) is 8.80. The van der Waals surface area contributed by atoms with Gasteiger partial charge in [-0.05, 0) is 0 Å². The van der Waals surface area contributed by atoms with E-state index in [2.05, 4.69) is 3.27 Å². The van der Waals surface area contributed by atoms with E-state index in [9.17, 15) is 8.42 Å². The first-order valence-corrected chi connectivity index (χ1v) is 5.89. The average molecular weight is 253 g/mol. The molecule has 12 heavy (non-hydrogen) atoms. The monoisotopic (exact) mass is 254 g/mol. The molecule has 0 spiro atoms. The van der Waals surface area contributed by atoms with Crippen molar-refractivity contribution in [3.05, 3.63) is 30.3 Å². The number of hydrogen-bond acceptors (Lipinski definition) is 3. The van der Waals surface area contributed by atoms with E-state index in [0.717, 1.165) is 4.46 Å². The summed E-state index contributed by atoms with van der Waals surface area (Å²) in [4.78, 5) is 0. The zero-order valence-corrected chi connectivity index (χ0v) is 8.40. The van der Waals surface area contributed by atoms with Gasteiger partial charge in [0.05, 0.1) is 0 Å². The van der Waals surface area contributed by atoms with Gasteiger partial charge in [0.2, 0.25) is 0 Å². The van der Waals surface area contributed by atoms with Gasteiger partial charge in [-0.15, -0.1) is 0 Å². The van der Waals surface area contributed by atoms with E-state index in [0.29, 0.717) is 0 Å². The third-order valence-corrected chi connectivity index (χ3v) is 3.68. The molecule has 1 N–H and O–H groups in total. The Kier molecular flexibility index (Phi) is 3.25. The van der Waals surface area contributed by atoms with E-state index in [1.165, 1.54) is 0 Å². The summed E-state index contributed by atoms with van der Waals surface area (Å²) in [5, 5.41) is 0. The first-order valence-electron chi connectivity index (χ1n) is 2.96.